The van der Waals surface area contributed by atoms with Gasteiger partial charge in [-0.15, -0.1) is 6.58 Å². The lowest BCUT2D eigenvalue weighted by molar-refractivity contribution is -0.00519. The summed E-state index contributed by atoms with van der Waals surface area (Å²) >= 11 is 0. The summed E-state index contributed by atoms with van der Waals surface area (Å²) in [6.45, 7) is 3.14. The van der Waals surface area contributed by atoms with Gasteiger partial charge in [0.25, 0.3) is 0 Å². The van der Waals surface area contributed by atoms with Crippen LogP contribution in [-0.4, -0.2) is 18.1 Å². The van der Waals surface area contributed by atoms with Crippen LogP contribution in [0.3, 0.4) is 0 Å². The summed E-state index contributed by atoms with van der Waals surface area (Å²) in [6, 6.07) is 2.72. The van der Waals surface area contributed by atoms with E-state index in [1.165, 1.54) is 18.2 Å². The number of hydrogen-bond acceptors (Lipinski definition) is 4. The fourth-order valence-corrected chi connectivity index (χ4v) is 2.41. The lowest BCUT2D eigenvalue weighted by Gasteiger charge is -2.19. The smallest absolute Gasteiger partial charge is 0.205 e. The zero-order chi connectivity index (χ0) is 15.7. The SMILES string of the molecule is C=CC1C(F)OCC1c1c(O)c(F)c(C#N)c(F)c1C#N. The minimum atomic E-state index is -1.75. The quantitative estimate of drug-likeness (QED) is 0.851. The monoisotopic (exact) mass is 294 g/mol. The van der Waals surface area contributed by atoms with Crippen molar-refractivity contribution in [3.05, 3.63) is 41.0 Å². The normalized spacial score (nSPS) is 24.3. The molecule has 0 spiro atoms. The Morgan fingerprint density at radius 1 is 1.24 bits per heavy atom. The van der Waals surface area contributed by atoms with Gasteiger partial charge in [0.05, 0.1) is 12.2 Å². The Hall–Kier alpha value is -2.51. The second kappa shape index (κ2) is 5.47. The topological polar surface area (TPSA) is 77.0 Å². The molecule has 108 valence electrons. The third kappa shape index (κ3) is 2.12. The molecular formula is C14H9F3N2O2. The summed E-state index contributed by atoms with van der Waals surface area (Å²) in [5, 5.41) is 27.6. The van der Waals surface area contributed by atoms with E-state index >= 15 is 0 Å². The Morgan fingerprint density at radius 2 is 1.86 bits per heavy atom. The van der Waals surface area contributed by atoms with Gasteiger partial charge in [-0.2, -0.15) is 10.5 Å². The molecule has 3 unspecified atom stereocenters. The molecule has 1 aliphatic heterocycles. The molecule has 0 amide bonds. The molecular weight excluding hydrogens is 285 g/mol. The number of phenolic OH excluding ortho intramolecular Hbond substituents is 1. The molecule has 0 aliphatic carbocycles. The Balaban J connectivity index is 2.74. The maximum atomic E-state index is 14.0. The van der Waals surface area contributed by atoms with Gasteiger partial charge >= 0.3 is 0 Å². The summed E-state index contributed by atoms with van der Waals surface area (Å²) in [5.74, 6) is -5.83. The zero-order valence-corrected chi connectivity index (χ0v) is 10.6. The van der Waals surface area contributed by atoms with Crippen molar-refractivity contribution in [2.24, 2.45) is 5.92 Å². The molecule has 2 rings (SSSR count). The van der Waals surface area contributed by atoms with Crippen LogP contribution in [0.1, 0.15) is 22.6 Å². The number of nitriles is 2. The van der Waals surface area contributed by atoms with Crippen molar-refractivity contribution in [1.29, 1.82) is 10.5 Å². The lowest BCUT2D eigenvalue weighted by Crippen LogP contribution is -2.16. The highest BCUT2D eigenvalue weighted by Crippen LogP contribution is 2.44. The molecule has 0 radical (unpaired) electrons. The Bertz CT molecular complexity index is 691. The molecule has 1 N–H and O–H groups in total. The Kier molecular flexibility index (Phi) is 3.88. The molecule has 0 aromatic heterocycles. The van der Waals surface area contributed by atoms with Crippen LogP contribution in [0.4, 0.5) is 13.2 Å². The van der Waals surface area contributed by atoms with E-state index in [4.69, 9.17) is 15.3 Å². The predicted octanol–water partition coefficient (Wildman–Crippen LogP) is 2.63. The summed E-state index contributed by atoms with van der Waals surface area (Å²) in [4.78, 5) is 0. The van der Waals surface area contributed by atoms with E-state index in [-0.39, 0.29) is 6.61 Å². The lowest BCUT2D eigenvalue weighted by atomic mass is 9.84. The summed E-state index contributed by atoms with van der Waals surface area (Å²) in [6.07, 6.45) is -0.558. The fraction of sp³-hybridized carbons (Fsp3) is 0.286. The average molecular weight is 294 g/mol. The van der Waals surface area contributed by atoms with Crippen molar-refractivity contribution in [2.75, 3.05) is 6.61 Å². The van der Waals surface area contributed by atoms with Crippen molar-refractivity contribution < 1.29 is 23.0 Å². The molecule has 1 aliphatic rings. The van der Waals surface area contributed by atoms with E-state index in [2.05, 4.69) is 6.58 Å². The number of aromatic hydroxyl groups is 1. The van der Waals surface area contributed by atoms with Crippen molar-refractivity contribution in [3.8, 4) is 17.9 Å². The van der Waals surface area contributed by atoms with Crippen LogP contribution in [0.2, 0.25) is 0 Å². The molecule has 3 atom stereocenters. The average Bonchev–Trinajstić information content (AvgIpc) is 2.83. The highest BCUT2D eigenvalue weighted by atomic mass is 19.1. The molecule has 1 saturated heterocycles. The van der Waals surface area contributed by atoms with Crippen LogP contribution >= 0.6 is 0 Å². The first-order chi connectivity index (χ1) is 9.97. The maximum Gasteiger partial charge on any atom is 0.205 e. The number of hydrogen-bond donors (Lipinski definition) is 1. The van der Waals surface area contributed by atoms with E-state index in [0.717, 1.165) is 0 Å². The zero-order valence-electron chi connectivity index (χ0n) is 10.6. The number of rotatable bonds is 2. The number of nitrogens with zero attached hydrogens (tertiary/aromatic N) is 2. The first kappa shape index (κ1) is 14.9. The summed E-state index contributed by atoms with van der Waals surface area (Å²) < 4.78 is 46.1. The van der Waals surface area contributed by atoms with Crippen LogP contribution < -0.4 is 0 Å². The van der Waals surface area contributed by atoms with E-state index in [1.807, 2.05) is 0 Å². The second-order valence-corrected chi connectivity index (χ2v) is 4.47. The van der Waals surface area contributed by atoms with E-state index in [0.29, 0.717) is 0 Å². The van der Waals surface area contributed by atoms with Crippen LogP contribution in [0.25, 0.3) is 0 Å². The number of ether oxygens (including phenoxy) is 1. The number of benzene rings is 1. The molecule has 0 saturated carbocycles. The maximum absolute atomic E-state index is 14.0. The molecule has 4 nitrogen and oxygen atoms in total. The first-order valence-corrected chi connectivity index (χ1v) is 5.90. The van der Waals surface area contributed by atoms with Gasteiger partial charge in [-0.3, -0.25) is 0 Å². The van der Waals surface area contributed by atoms with Crippen LogP contribution in [-0.2, 0) is 4.74 Å². The highest BCUT2D eigenvalue weighted by Gasteiger charge is 2.41. The van der Waals surface area contributed by atoms with Gasteiger partial charge in [0, 0.05) is 17.4 Å². The van der Waals surface area contributed by atoms with Gasteiger partial charge in [0.2, 0.25) is 6.36 Å². The second-order valence-electron chi connectivity index (χ2n) is 4.47. The molecule has 7 heteroatoms. The summed E-state index contributed by atoms with van der Waals surface area (Å²) in [5.41, 5.74) is -2.16. The van der Waals surface area contributed by atoms with Crippen LogP contribution in [0, 0.1) is 40.2 Å². The van der Waals surface area contributed by atoms with Gasteiger partial charge in [0.15, 0.2) is 17.4 Å². The van der Waals surface area contributed by atoms with Gasteiger partial charge < -0.3 is 9.84 Å². The van der Waals surface area contributed by atoms with Gasteiger partial charge in [-0.05, 0) is 0 Å². The minimum Gasteiger partial charge on any atom is -0.505 e. The summed E-state index contributed by atoms with van der Waals surface area (Å²) in [7, 11) is 0. The predicted molar refractivity (Wildman–Crippen MR) is 64.7 cm³/mol. The van der Waals surface area contributed by atoms with E-state index in [9.17, 15) is 18.3 Å². The van der Waals surface area contributed by atoms with Crippen molar-refractivity contribution in [2.45, 2.75) is 12.3 Å². The van der Waals surface area contributed by atoms with Crippen LogP contribution in [0.15, 0.2) is 12.7 Å². The van der Waals surface area contributed by atoms with E-state index < -0.39 is 52.3 Å². The van der Waals surface area contributed by atoms with Crippen molar-refractivity contribution in [1.82, 2.24) is 0 Å². The van der Waals surface area contributed by atoms with Crippen molar-refractivity contribution >= 4 is 0 Å². The fourth-order valence-electron chi connectivity index (χ4n) is 2.41. The number of halogens is 3. The molecule has 1 aromatic rings. The molecule has 1 fully saturated rings. The third-order valence-corrected chi connectivity index (χ3v) is 3.46. The number of phenols is 1. The largest absolute Gasteiger partial charge is 0.505 e. The highest BCUT2D eigenvalue weighted by molar-refractivity contribution is 5.56. The van der Waals surface area contributed by atoms with Crippen molar-refractivity contribution in [3.63, 3.8) is 0 Å². The standard InChI is InChI=1S/C14H9F3N2O2/c1-2-6-9(5-21-14(6)17)10-7(3-18)11(15)8(4-19)12(16)13(10)20/h2,6,9,14,20H,1,5H2. The van der Waals surface area contributed by atoms with E-state index in [1.54, 1.807) is 0 Å². The molecule has 1 aromatic carbocycles. The first-order valence-electron chi connectivity index (χ1n) is 5.90. The van der Waals surface area contributed by atoms with Gasteiger partial charge in [-0.25, -0.2) is 13.2 Å². The van der Waals surface area contributed by atoms with Gasteiger partial charge in [0.1, 0.15) is 17.7 Å². The van der Waals surface area contributed by atoms with Crippen LogP contribution in [0.5, 0.6) is 5.75 Å². The number of alkyl halides is 1. The Morgan fingerprint density at radius 3 is 2.38 bits per heavy atom. The molecule has 21 heavy (non-hydrogen) atoms. The molecule has 0 bridgehead atoms. The third-order valence-electron chi connectivity index (χ3n) is 3.46. The Labute approximate surface area is 118 Å². The minimum absolute atomic E-state index is 0.273. The van der Waals surface area contributed by atoms with Gasteiger partial charge in [-0.1, -0.05) is 6.08 Å². The molecule has 1 heterocycles.